The van der Waals surface area contributed by atoms with Gasteiger partial charge in [0.15, 0.2) is 0 Å². The van der Waals surface area contributed by atoms with Crippen LogP contribution in [0, 0.1) is 32.6 Å². The second-order valence-electron chi connectivity index (χ2n) is 12.0. The molecule has 13 heteroatoms. The largest absolute Gasteiger partial charge is 0.481 e. The number of hydrogen-bond acceptors (Lipinski definition) is 6. The van der Waals surface area contributed by atoms with Crippen molar-refractivity contribution in [3.05, 3.63) is 69.6 Å². The van der Waals surface area contributed by atoms with Gasteiger partial charge < -0.3 is 19.4 Å². The molecule has 0 bridgehead atoms. The molecule has 0 aliphatic heterocycles. The fourth-order valence-corrected chi connectivity index (χ4v) is 6.20. The summed E-state index contributed by atoms with van der Waals surface area (Å²) in [7, 11) is 0. The first-order valence-corrected chi connectivity index (χ1v) is 14.9. The van der Waals surface area contributed by atoms with E-state index in [4.69, 9.17) is 9.63 Å². The number of aliphatic carboxylic acids is 1. The van der Waals surface area contributed by atoms with Gasteiger partial charge in [0.1, 0.15) is 0 Å². The fourth-order valence-electron chi connectivity index (χ4n) is 6.20. The van der Waals surface area contributed by atoms with Crippen LogP contribution in [0.25, 0.3) is 0 Å². The number of rotatable bonds is 11. The number of aryl methyl sites for hydroxylation is 3. The monoisotopic (exact) mass is 640 g/mol. The molecule has 0 saturated heterocycles. The quantitative estimate of drug-likeness (QED) is 0.211. The number of benzene rings is 2. The van der Waals surface area contributed by atoms with Crippen molar-refractivity contribution in [2.75, 3.05) is 22.9 Å². The Morgan fingerprint density at radius 2 is 1.58 bits per heavy atom. The smallest absolute Gasteiger partial charge is 0.416 e. The average Bonchev–Trinajstić information content (AvgIpc) is 3.37. The molecule has 45 heavy (non-hydrogen) atoms. The number of aromatic nitrogens is 2. The number of carbonyl (C=O) groups is 1. The van der Waals surface area contributed by atoms with Gasteiger partial charge in [-0.1, -0.05) is 11.6 Å². The summed E-state index contributed by atoms with van der Waals surface area (Å²) in [5.74, 6) is -0.231. The summed E-state index contributed by atoms with van der Waals surface area (Å²) in [6.07, 6.45) is -5.90. The minimum atomic E-state index is -4.62. The highest BCUT2D eigenvalue weighted by Crippen LogP contribution is 2.39. The van der Waals surface area contributed by atoms with Crippen LogP contribution in [-0.4, -0.2) is 34.3 Å². The first kappa shape index (κ1) is 34.1. The molecule has 246 valence electrons. The van der Waals surface area contributed by atoms with Crippen molar-refractivity contribution in [1.29, 1.82) is 0 Å². The summed E-state index contributed by atoms with van der Waals surface area (Å²) in [6.45, 7) is 7.25. The second-order valence-corrected chi connectivity index (χ2v) is 12.0. The molecule has 1 fully saturated rings. The highest BCUT2D eigenvalue weighted by molar-refractivity contribution is 5.67. The predicted molar refractivity (Wildman–Crippen MR) is 157 cm³/mol. The summed E-state index contributed by atoms with van der Waals surface area (Å²) < 4.78 is 88.4. The van der Waals surface area contributed by atoms with Crippen molar-refractivity contribution in [2.45, 2.75) is 85.2 Å². The van der Waals surface area contributed by atoms with Crippen LogP contribution in [-0.2, 0) is 30.2 Å². The first-order valence-electron chi connectivity index (χ1n) is 14.9. The van der Waals surface area contributed by atoms with Crippen molar-refractivity contribution >= 4 is 17.6 Å². The van der Waals surface area contributed by atoms with Crippen molar-refractivity contribution in [1.82, 2.24) is 10.1 Å². The number of hydrogen-bond donors (Lipinski definition) is 1. The van der Waals surface area contributed by atoms with Gasteiger partial charge in [-0.05, 0) is 104 Å². The molecule has 0 spiro atoms. The molecule has 1 saturated carbocycles. The Bertz CT molecular complexity index is 1480. The number of halogens is 6. The van der Waals surface area contributed by atoms with Gasteiger partial charge in [-0.3, -0.25) is 4.79 Å². The maximum absolute atomic E-state index is 14.1. The van der Waals surface area contributed by atoms with Crippen molar-refractivity contribution < 1.29 is 40.8 Å². The summed E-state index contributed by atoms with van der Waals surface area (Å²) in [5.41, 5.74) is 0.00884. The maximum Gasteiger partial charge on any atom is 0.416 e. The molecule has 0 atom stereocenters. The molecule has 1 heterocycles. The van der Waals surface area contributed by atoms with Crippen molar-refractivity contribution in [2.24, 2.45) is 11.8 Å². The zero-order valence-corrected chi connectivity index (χ0v) is 25.7. The van der Waals surface area contributed by atoms with Gasteiger partial charge in [-0.2, -0.15) is 31.3 Å². The van der Waals surface area contributed by atoms with E-state index in [0.717, 1.165) is 43.9 Å². The van der Waals surface area contributed by atoms with E-state index in [-0.39, 0.29) is 48.7 Å². The highest BCUT2D eigenvalue weighted by Gasteiger charge is 2.35. The molecule has 1 aliphatic rings. The fraction of sp³-hybridized carbons (Fsp3) is 0.531. The zero-order valence-electron chi connectivity index (χ0n) is 25.7. The van der Waals surface area contributed by atoms with E-state index in [0.29, 0.717) is 35.5 Å². The van der Waals surface area contributed by atoms with Crippen LogP contribution in [0.2, 0.25) is 0 Å². The van der Waals surface area contributed by atoms with Gasteiger partial charge >= 0.3 is 18.3 Å². The Morgan fingerprint density at radius 3 is 2.13 bits per heavy atom. The Kier molecular flexibility index (Phi) is 10.4. The molecule has 4 rings (SSSR count). The van der Waals surface area contributed by atoms with Crippen LogP contribution in [0.15, 0.2) is 34.9 Å². The molecule has 2 aromatic carbocycles. The predicted octanol–water partition coefficient (Wildman–Crippen LogP) is 8.35. The molecule has 7 nitrogen and oxygen atoms in total. The minimum absolute atomic E-state index is 0.0439. The van der Waals surface area contributed by atoms with E-state index in [1.54, 1.807) is 19.9 Å². The normalized spacial score (nSPS) is 17.4. The van der Waals surface area contributed by atoms with E-state index in [1.807, 2.05) is 11.8 Å². The van der Waals surface area contributed by atoms with E-state index in [2.05, 4.69) is 10.1 Å². The van der Waals surface area contributed by atoms with Crippen LogP contribution in [0.4, 0.5) is 38.0 Å². The lowest BCUT2D eigenvalue weighted by molar-refractivity contribution is -0.139. The van der Waals surface area contributed by atoms with Crippen LogP contribution in [0.5, 0.6) is 0 Å². The summed E-state index contributed by atoms with van der Waals surface area (Å²) in [5, 5.41) is 13.1. The van der Waals surface area contributed by atoms with Gasteiger partial charge in [0.2, 0.25) is 5.89 Å². The van der Waals surface area contributed by atoms with Gasteiger partial charge in [-0.25, -0.2) is 0 Å². The molecule has 1 aromatic heterocycles. The molecule has 1 aliphatic carbocycles. The van der Waals surface area contributed by atoms with E-state index in [1.165, 1.54) is 17.9 Å². The molecule has 3 aromatic rings. The highest BCUT2D eigenvalue weighted by atomic mass is 19.4. The molecule has 0 amide bonds. The first-order chi connectivity index (χ1) is 21.0. The third kappa shape index (κ3) is 8.91. The van der Waals surface area contributed by atoms with Gasteiger partial charge in [0.25, 0.3) is 5.95 Å². The lowest BCUT2D eigenvalue weighted by Crippen LogP contribution is -2.33. The molecule has 0 unspecified atom stereocenters. The Balaban J connectivity index is 1.71. The number of carboxylic acid groups (broad SMARTS) is 1. The van der Waals surface area contributed by atoms with Crippen LogP contribution in [0.1, 0.15) is 78.3 Å². The van der Waals surface area contributed by atoms with Crippen molar-refractivity contribution in [3.8, 4) is 0 Å². The Labute approximate surface area is 258 Å². The van der Waals surface area contributed by atoms with Crippen LogP contribution in [0.3, 0.4) is 0 Å². The van der Waals surface area contributed by atoms with Gasteiger partial charge in [-0.15, -0.1) is 0 Å². The second kappa shape index (κ2) is 13.7. The molecular weight excluding hydrogens is 602 g/mol. The summed E-state index contributed by atoms with van der Waals surface area (Å²) in [6, 6.07) is 6.27. The number of nitrogens with zero attached hydrogens (tertiary/aromatic N) is 4. The van der Waals surface area contributed by atoms with Crippen molar-refractivity contribution in [3.63, 3.8) is 0 Å². The standard InChI is InChI=1S/C32H38F6N4O3/c1-5-41(16-23-8-6-22(7-9-23)14-29(43)44)28-12-20(3)27(32(36,37)38)15-25(28)18-42(30-39-21(4)45-40-30)17-24-10-19(2)11-26(13-24)31(33,34)35/h10-13,15,22-23H,5-9,14,16-18H2,1-4H3,(H,43,44). The SMILES string of the molecule is CCN(CC1CCC(CC(=O)O)CC1)c1cc(C)c(C(F)(F)F)cc1CN(Cc1cc(C)cc(C(F)(F)F)c1)c1noc(C)n1. The number of anilines is 2. The Hall–Kier alpha value is -3.77. The third-order valence-corrected chi connectivity index (χ3v) is 8.36. The third-order valence-electron chi connectivity index (χ3n) is 8.36. The lowest BCUT2D eigenvalue weighted by atomic mass is 9.80. The summed E-state index contributed by atoms with van der Waals surface area (Å²) in [4.78, 5) is 18.9. The maximum atomic E-state index is 14.1. The summed E-state index contributed by atoms with van der Waals surface area (Å²) >= 11 is 0. The zero-order chi connectivity index (χ0) is 33.1. The number of carboxylic acids is 1. The van der Waals surface area contributed by atoms with Crippen LogP contribution < -0.4 is 9.80 Å². The molecule has 0 radical (unpaired) electrons. The average molecular weight is 641 g/mol. The topological polar surface area (TPSA) is 82.7 Å². The molecule has 1 N–H and O–H groups in total. The van der Waals surface area contributed by atoms with E-state index < -0.39 is 29.4 Å². The van der Waals surface area contributed by atoms with Crippen LogP contribution >= 0.6 is 0 Å². The van der Waals surface area contributed by atoms with E-state index >= 15 is 0 Å². The number of alkyl halides is 6. The van der Waals surface area contributed by atoms with Gasteiger partial charge in [0, 0.05) is 45.2 Å². The lowest BCUT2D eigenvalue weighted by Gasteiger charge is -2.35. The van der Waals surface area contributed by atoms with Gasteiger partial charge in [0.05, 0.1) is 11.1 Å². The van der Waals surface area contributed by atoms with E-state index in [9.17, 15) is 31.1 Å². The minimum Gasteiger partial charge on any atom is -0.481 e. The molecular formula is C32H38F6N4O3. The Morgan fingerprint density at radius 1 is 0.911 bits per heavy atom.